The first-order chi connectivity index (χ1) is 12.9. The highest BCUT2D eigenvalue weighted by atomic mass is 35.5. The van der Waals surface area contributed by atoms with Gasteiger partial charge in [0.15, 0.2) is 11.0 Å². The number of aromatic nitrogens is 3. The van der Waals surface area contributed by atoms with E-state index in [1.165, 1.54) is 11.8 Å². The highest BCUT2D eigenvalue weighted by Gasteiger charge is 2.23. The molecule has 1 aromatic heterocycles. The molecule has 0 spiro atoms. The number of halogens is 1. The summed E-state index contributed by atoms with van der Waals surface area (Å²) in [5.74, 6) is 0.326. The second-order valence-corrected chi connectivity index (χ2v) is 8.32. The van der Waals surface area contributed by atoms with Crippen LogP contribution in [0.4, 0.5) is 4.79 Å². The van der Waals surface area contributed by atoms with Crippen LogP contribution in [-0.2, 0) is 11.8 Å². The van der Waals surface area contributed by atoms with Gasteiger partial charge in [-0.1, -0.05) is 36.2 Å². The first kappa shape index (κ1) is 19.7. The molecule has 1 atom stereocenters. The Hall–Kier alpha value is -2.06. The number of amides is 3. The van der Waals surface area contributed by atoms with Crippen LogP contribution < -0.4 is 10.6 Å². The van der Waals surface area contributed by atoms with Crippen LogP contribution >= 0.6 is 23.4 Å². The summed E-state index contributed by atoms with van der Waals surface area (Å²) in [5, 5.41) is 14.4. The van der Waals surface area contributed by atoms with E-state index in [1.807, 2.05) is 23.7 Å². The molecule has 7 nitrogen and oxygen atoms in total. The lowest BCUT2D eigenvalue weighted by Crippen LogP contribution is -2.45. The number of nitrogens with one attached hydrogen (secondary N) is 2. The number of nitrogens with zero attached hydrogens (tertiary/aromatic N) is 3. The van der Waals surface area contributed by atoms with Crippen LogP contribution in [0, 0.1) is 0 Å². The van der Waals surface area contributed by atoms with Crippen molar-refractivity contribution in [2.45, 2.75) is 49.1 Å². The van der Waals surface area contributed by atoms with E-state index in [2.05, 4.69) is 20.8 Å². The van der Waals surface area contributed by atoms with Gasteiger partial charge in [0, 0.05) is 23.7 Å². The smallest absolute Gasteiger partial charge is 0.321 e. The summed E-state index contributed by atoms with van der Waals surface area (Å²) in [5.41, 5.74) is 0.884. The van der Waals surface area contributed by atoms with E-state index in [9.17, 15) is 9.59 Å². The van der Waals surface area contributed by atoms with Gasteiger partial charge in [0.25, 0.3) is 0 Å². The van der Waals surface area contributed by atoms with Crippen LogP contribution in [0.5, 0.6) is 0 Å². The maximum Gasteiger partial charge on any atom is 0.321 e. The third-order valence-corrected chi connectivity index (χ3v) is 5.90. The Morgan fingerprint density at radius 2 is 1.89 bits per heavy atom. The number of hydrogen-bond donors (Lipinski definition) is 2. The molecule has 0 aliphatic heterocycles. The Kier molecular flexibility index (Phi) is 6.38. The third-order valence-electron chi connectivity index (χ3n) is 4.52. The van der Waals surface area contributed by atoms with Crippen molar-refractivity contribution >= 4 is 35.3 Å². The zero-order valence-electron chi connectivity index (χ0n) is 15.2. The molecule has 3 amide bonds. The summed E-state index contributed by atoms with van der Waals surface area (Å²) in [6.07, 6.45) is 4.18. The van der Waals surface area contributed by atoms with Gasteiger partial charge < -0.3 is 9.88 Å². The predicted octanol–water partition coefficient (Wildman–Crippen LogP) is 3.38. The monoisotopic (exact) mass is 407 g/mol. The zero-order chi connectivity index (χ0) is 19.4. The van der Waals surface area contributed by atoms with Gasteiger partial charge in [-0.15, -0.1) is 10.2 Å². The standard InChI is InChI=1S/C18H22ClN5O2S/c1-11(16(25)21-17(26)20-14-5-3-4-6-14)27-18-23-22-15(24(18)2)12-7-9-13(19)10-8-12/h7-11,14H,3-6H2,1-2H3,(H2,20,21,25,26)/t11-/m0/s1. The molecule has 0 unspecified atom stereocenters. The van der Waals surface area contributed by atoms with Gasteiger partial charge in [-0.3, -0.25) is 10.1 Å². The molecule has 0 bridgehead atoms. The van der Waals surface area contributed by atoms with Gasteiger partial charge in [-0.05, 0) is 44.0 Å². The number of carbonyl (C=O) groups excluding carboxylic acids is 2. The minimum absolute atomic E-state index is 0.168. The number of carbonyl (C=O) groups is 2. The first-order valence-electron chi connectivity index (χ1n) is 8.87. The van der Waals surface area contributed by atoms with E-state index >= 15 is 0 Å². The van der Waals surface area contributed by atoms with Crippen molar-refractivity contribution in [3.63, 3.8) is 0 Å². The van der Waals surface area contributed by atoms with Crippen LogP contribution in [0.2, 0.25) is 5.02 Å². The Balaban J connectivity index is 1.58. The van der Waals surface area contributed by atoms with Gasteiger partial charge >= 0.3 is 6.03 Å². The molecule has 9 heteroatoms. The van der Waals surface area contributed by atoms with Crippen molar-refractivity contribution < 1.29 is 9.59 Å². The van der Waals surface area contributed by atoms with Gasteiger partial charge in [0.1, 0.15) is 0 Å². The molecule has 144 valence electrons. The van der Waals surface area contributed by atoms with Crippen molar-refractivity contribution in [1.82, 2.24) is 25.4 Å². The fourth-order valence-corrected chi connectivity index (χ4v) is 3.93. The molecule has 1 saturated carbocycles. The summed E-state index contributed by atoms with van der Waals surface area (Å²) >= 11 is 7.17. The molecular weight excluding hydrogens is 386 g/mol. The van der Waals surface area contributed by atoms with Crippen molar-refractivity contribution in [1.29, 1.82) is 0 Å². The number of urea groups is 1. The average molecular weight is 408 g/mol. The van der Waals surface area contributed by atoms with Crippen molar-refractivity contribution in [2.24, 2.45) is 7.05 Å². The van der Waals surface area contributed by atoms with E-state index < -0.39 is 11.3 Å². The minimum atomic E-state index is -0.486. The minimum Gasteiger partial charge on any atom is -0.335 e. The number of thioether (sulfide) groups is 1. The van der Waals surface area contributed by atoms with E-state index in [0.29, 0.717) is 16.0 Å². The number of imide groups is 1. The molecular formula is C18H22ClN5O2S. The van der Waals surface area contributed by atoms with E-state index in [1.54, 1.807) is 19.1 Å². The zero-order valence-corrected chi connectivity index (χ0v) is 16.8. The van der Waals surface area contributed by atoms with Crippen molar-refractivity contribution in [3.8, 4) is 11.4 Å². The molecule has 1 aliphatic rings. The van der Waals surface area contributed by atoms with Crippen molar-refractivity contribution in [3.05, 3.63) is 29.3 Å². The lowest BCUT2D eigenvalue weighted by molar-refractivity contribution is -0.119. The van der Waals surface area contributed by atoms with Crippen LogP contribution in [0.3, 0.4) is 0 Å². The number of hydrogen-bond acceptors (Lipinski definition) is 5. The first-order valence-corrected chi connectivity index (χ1v) is 10.1. The largest absolute Gasteiger partial charge is 0.335 e. The highest BCUT2D eigenvalue weighted by molar-refractivity contribution is 8.00. The second-order valence-electron chi connectivity index (χ2n) is 6.58. The lowest BCUT2D eigenvalue weighted by Gasteiger charge is -2.14. The average Bonchev–Trinajstić information content (AvgIpc) is 3.26. The number of benzene rings is 1. The third kappa shape index (κ3) is 5.01. The fourth-order valence-electron chi connectivity index (χ4n) is 2.98. The van der Waals surface area contributed by atoms with Gasteiger partial charge in [-0.2, -0.15) is 0 Å². The van der Waals surface area contributed by atoms with E-state index in [-0.39, 0.29) is 11.9 Å². The molecule has 2 N–H and O–H groups in total. The molecule has 3 rings (SSSR count). The normalized spacial score (nSPS) is 15.5. The van der Waals surface area contributed by atoms with Crippen molar-refractivity contribution in [2.75, 3.05) is 0 Å². The van der Waals surface area contributed by atoms with Gasteiger partial charge in [0.2, 0.25) is 5.91 Å². The second kappa shape index (κ2) is 8.75. The SMILES string of the molecule is C[C@H](Sc1nnc(-c2ccc(Cl)cc2)n1C)C(=O)NC(=O)NC1CCCC1. The van der Waals surface area contributed by atoms with E-state index in [0.717, 1.165) is 31.2 Å². The number of rotatable bonds is 5. The summed E-state index contributed by atoms with van der Waals surface area (Å²) in [6, 6.07) is 7.05. The summed E-state index contributed by atoms with van der Waals surface area (Å²) in [4.78, 5) is 24.2. The van der Waals surface area contributed by atoms with Gasteiger partial charge in [-0.25, -0.2) is 4.79 Å². The molecule has 1 heterocycles. The molecule has 1 aromatic carbocycles. The molecule has 2 aromatic rings. The van der Waals surface area contributed by atoms with Gasteiger partial charge in [0.05, 0.1) is 5.25 Å². The lowest BCUT2D eigenvalue weighted by atomic mass is 10.2. The maximum atomic E-state index is 12.3. The fraction of sp³-hybridized carbons (Fsp3) is 0.444. The maximum absolute atomic E-state index is 12.3. The Bertz CT molecular complexity index is 818. The van der Waals surface area contributed by atoms with Crippen LogP contribution in [0.15, 0.2) is 29.4 Å². The summed E-state index contributed by atoms with van der Waals surface area (Å²) in [6.45, 7) is 1.74. The molecule has 1 aliphatic carbocycles. The molecule has 0 saturated heterocycles. The summed E-state index contributed by atoms with van der Waals surface area (Å²) < 4.78 is 1.82. The Labute approximate surface area is 167 Å². The Morgan fingerprint density at radius 1 is 1.22 bits per heavy atom. The predicted molar refractivity (Wildman–Crippen MR) is 106 cm³/mol. The molecule has 1 fully saturated rings. The quantitative estimate of drug-likeness (QED) is 0.741. The molecule has 0 radical (unpaired) electrons. The summed E-state index contributed by atoms with van der Waals surface area (Å²) in [7, 11) is 1.84. The topological polar surface area (TPSA) is 88.9 Å². The van der Waals surface area contributed by atoms with Crippen LogP contribution in [-0.4, -0.2) is 38.0 Å². The van der Waals surface area contributed by atoms with Crippen LogP contribution in [0.1, 0.15) is 32.6 Å². The highest BCUT2D eigenvalue weighted by Crippen LogP contribution is 2.26. The molecule has 27 heavy (non-hydrogen) atoms. The van der Waals surface area contributed by atoms with E-state index in [4.69, 9.17) is 11.6 Å². The van der Waals surface area contributed by atoms with Crippen LogP contribution in [0.25, 0.3) is 11.4 Å². The Morgan fingerprint density at radius 3 is 2.56 bits per heavy atom.